The smallest absolute Gasteiger partial charge is 0.309 e. The number of benzene rings is 3. The van der Waals surface area contributed by atoms with Crippen LogP contribution in [0.15, 0.2) is 78.9 Å². The summed E-state index contributed by atoms with van der Waals surface area (Å²) in [6.45, 7) is 2.17. The summed E-state index contributed by atoms with van der Waals surface area (Å²) in [4.78, 5) is 4.15. The average molecular weight is 481 g/mol. The predicted molar refractivity (Wildman–Crippen MR) is 143 cm³/mol. The lowest BCUT2D eigenvalue weighted by Crippen LogP contribution is -2.15. The van der Waals surface area contributed by atoms with Gasteiger partial charge in [-0.3, -0.25) is 0 Å². The Morgan fingerprint density at radius 1 is 0.647 bits per heavy atom. The average Bonchev–Trinajstić information content (AvgIpc) is 2.86. The summed E-state index contributed by atoms with van der Waals surface area (Å²) in [6.07, 6.45) is 6.17. The first-order chi connectivity index (χ1) is 16.4. The van der Waals surface area contributed by atoms with Gasteiger partial charge in [-0.1, -0.05) is 63.3 Å². The summed E-state index contributed by atoms with van der Waals surface area (Å²) < 4.78 is 30.2. The van der Waals surface area contributed by atoms with Crippen molar-refractivity contribution in [2.24, 2.45) is 0 Å². The third-order valence-electron chi connectivity index (χ3n) is 5.94. The molecule has 5 nitrogen and oxygen atoms in total. The van der Waals surface area contributed by atoms with Crippen molar-refractivity contribution in [3.05, 3.63) is 78.9 Å². The van der Waals surface area contributed by atoms with E-state index in [0.29, 0.717) is 12.2 Å². The Bertz CT molecular complexity index is 1120. The van der Waals surface area contributed by atoms with Gasteiger partial charge in [0, 0.05) is 42.9 Å². The SMILES string of the molecule is CCCCCCCCS(=O)(=O)Oc1cccc(N(C)c2ccc(N(C)c3ccccc3)cc2)c1. The van der Waals surface area contributed by atoms with Crippen molar-refractivity contribution in [2.45, 2.75) is 45.4 Å². The maximum atomic E-state index is 12.4. The molecule has 0 N–H and O–H groups in total. The first-order valence-corrected chi connectivity index (χ1v) is 13.6. The molecule has 0 unspecified atom stereocenters. The highest BCUT2D eigenvalue weighted by Gasteiger charge is 2.14. The minimum absolute atomic E-state index is 0.0512. The highest BCUT2D eigenvalue weighted by molar-refractivity contribution is 7.87. The fraction of sp³-hybridized carbons (Fsp3) is 0.357. The molecule has 0 bridgehead atoms. The number of hydrogen-bond acceptors (Lipinski definition) is 5. The van der Waals surface area contributed by atoms with Crippen LogP contribution in [0.1, 0.15) is 45.4 Å². The zero-order valence-electron chi connectivity index (χ0n) is 20.5. The first-order valence-electron chi connectivity index (χ1n) is 12.0. The number of hydrogen-bond donors (Lipinski definition) is 0. The maximum Gasteiger partial charge on any atom is 0.309 e. The number of rotatable bonds is 13. The van der Waals surface area contributed by atoms with Crippen LogP contribution in [0, 0.1) is 0 Å². The Morgan fingerprint density at radius 2 is 1.18 bits per heavy atom. The third kappa shape index (κ3) is 7.52. The molecule has 0 radical (unpaired) electrons. The lowest BCUT2D eigenvalue weighted by atomic mass is 10.1. The molecule has 3 rings (SSSR count). The fourth-order valence-electron chi connectivity index (χ4n) is 3.84. The van der Waals surface area contributed by atoms with Crippen LogP contribution in [-0.4, -0.2) is 28.3 Å². The van der Waals surface area contributed by atoms with Crippen LogP contribution in [0.3, 0.4) is 0 Å². The normalized spacial score (nSPS) is 11.3. The van der Waals surface area contributed by atoms with Crippen LogP contribution in [0.4, 0.5) is 22.7 Å². The monoisotopic (exact) mass is 480 g/mol. The van der Waals surface area contributed by atoms with Gasteiger partial charge in [0.2, 0.25) is 0 Å². The van der Waals surface area contributed by atoms with Gasteiger partial charge in [0.15, 0.2) is 0 Å². The second-order valence-corrected chi connectivity index (χ2v) is 10.3. The van der Waals surface area contributed by atoms with Gasteiger partial charge in [-0.15, -0.1) is 0 Å². The van der Waals surface area contributed by atoms with Gasteiger partial charge in [0.05, 0.1) is 5.75 Å². The Balaban J connectivity index is 1.61. The molecule has 0 atom stereocenters. The van der Waals surface area contributed by atoms with Gasteiger partial charge in [-0.05, 0) is 55.0 Å². The highest BCUT2D eigenvalue weighted by Crippen LogP contribution is 2.30. The van der Waals surface area contributed by atoms with E-state index in [-0.39, 0.29) is 5.75 Å². The largest absolute Gasteiger partial charge is 0.382 e. The van der Waals surface area contributed by atoms with E-state index < -0.39 is 10.1 Å². The Hall–Kier alpha value is -2.99. The zero-order chi connectivity index (χ0) is 24.4. The topological polar surface area (TPSA) is 49.9 Å². The molecule has 0 aliphatic rings. The van der Waals surface area contributed by atoms with E-state index in [1.165, 1.54) is 12.8 Å². The molecular formula is C28H36N2O3S. The van der Waals surface area contributed by atoms with Gasteiger partial charge < -0.3 is 14.0 Å². The molecule has 0 amide bonds. The molecule has 3 aromatic rings. The summed E-state index contributed by atoms with van der Waals surface area (Å²) in [5.74, 6) is 0.394. The van der Waals surface area contributed by atoms with Gasteiger partial charge >= 0.3 is 10.1 Å². The summed E-state index contributed by atoms with van der Waals surface area (Å²) in [5, 5.41) is 0. The summed E-state index contributed by atoms with van der Waals surface area (Å²) in [5.41, 5.74) is 4.06. The van der Waals surface area contributed by atoms with E-state index in [9.17, 15) is 8.42 Å². The van der Waals surface area contributed by atoms with Crippen molar-refractivity contribution in [1.82, 2.24) is 0 Å². The van der Waals surface area contributed by atoms with Crippen molar-refractivity contribution in [2.75, 3.05) is 29.6 Å². The number of para-hydroxylation sites is 1. The van der Waals surface area contributed by atoms with Crippen molar-refractivity contribution in [3.63, 3.8) is 0 Å². The molecule has 6 heteroatoms. The Labute approximate surface area is 205 Å². The van der Waals surface area contributed by atoms with Gasteiger partial charge in [-0.2, -0.15) is 8.42 Å². The Morgan fingerprint density at radius 3 is 1.82 bits per heavy atom. The molecule has 0 fully saturated rings. The third-order valence-corrected chi connectivity index (χ3v) is 7.18. The van der Waals surface area contributed by atoms with E-state index in [4.69, 9.17) is 4.18 Å². The number of unbranched alkanes of at least 4 members (excludes halogenated alkanes) is 5. The van der Waals surface area contributed by atoms with Crippen molar-refractivity contribution in [3.8, 4) is 5.75 Å². The summed E-state index contributed by atoms with van der Waals surface area (Å²) >= 11 is 0. The molecule has 0 aliphatic carbocycles. The minimum atomic E-state index is -3.60. The molecule has 3 aromatic carbocycles. The lowest BCUT2D eigenvalue weighted by Gasteiger charge is -2.23. The van der Waals surface area contributed by atoms with E-state index in [1.807, 2.05) is 49.3 Å². The first kappa shape index (κ1) is 25.6. The summed E-state index contributed by atoms with van der Waals surface area (Å²) in [7, 11) is 0.400. The Kier molecular flexibility index (Phi) is 9.40. The van der Waals surface area contributed by atoms with Gasteiger partial charge in [0.1, 0.15) is 5.75 Å². The lowest BCUT2D eigenvalue weighted by molar-refractivity contribution is 0.482. The van der Waals surface area contributed by atoms with E-state index in [0.717, 1.165) is 42.0 Å². The van der Waals surface area contributed by atoms with E-state index in [1.54, 1.807) is 12.1 Å². The van der Waals surface area contributed by atoms with Crippen molar-refractivity contribution >= 4 is 32.9 Å². The quantitative estimate of drug-likeness (QED) is 0.190. The van der Waals surface area contributed by atoms with Gasteiger partial charge in [-0.25, -0.2) is 0 Å². The van der Waals surface area contributed by atoms with Crippen LogP contribution < -0.4 is 14.0 Å². The highest BCUT2D eigenvalue weighted by atomic mass is 32.2. The van der Waals surface area contributed by atoms with Gasteiger partial charge in [0.25, 0.3) is 0 Å². The molecule has 0 saturated heterocycles. The number of nitrogens with zero attached hydrogens (tertiary/aromatic N) is 2. The van der Waals surface area contributed by atoms with Crippen molar-refractivity contribution < 1.29 is 12.6 Å². The van der Waals surface area contributed by atoms with Crippen LogP contribution >= 0.6 is 0 Å². The summed E-state index contributed by atoms with van der Waals surface area (Å²) in [6, 6.07) is 25.7. The number of anilines is 4. The predicted octanol–water partition coefficient (Wildman–Crippen LogP) is 7.29. The second-order valence-electron chi connectivity index (χ2n) is 8.58. The van der Waals surface area contributed by atoms with Crippen LogP contribution in [0.2, 0.25) is 0 Å². The van der Waals surface area contributed by atoms with Crippen LogP contribution in [0.5, 0.6) is 5.75 Å². The second kappa shape index (κ2) is 12.5. The van der Waals surface area contributed by atoms with Crippen LogP contribution in [-0.2, 0) is 10.1 Å². The maximum absolute atomic E-state index is 12.4. The molecule has 182 valence electrons. The molecule has 34 heavy (non-hydrogen) atoms. The molecule has 0 aliphatic heterocycles. The standard InChI is InChI=1S/C28H36N2O3S/c1-4-5-6-7-8-12-22-34(31,32)33-28-17-13-16-27(23-28)30(3)26-20-18-25(19-21-26)29(2)24-14-10-9-11-15-24/h9-11,13-21,23H,4-8,12,22H2,1-3H3. The van der Waals surface area contributed by atoms with E-state index in [2.05, 4.69) is 48.2 Å². The minimum Gasteiger partial charge on any atom is -0.382 e. The van der Waals surface area contributed by atoms with Crippen LogP contribution in [0.25, 0.3) is 0 Å². The molecular weight excluding hydrogens is 444 g/mol. The molecule has 0 heterocycles. The molecule has 0 spiro atoms. The van der Waals surface area contributed by atoms with Crippen molar-refractivity contribution in [1.29, 1.82) is 0 Å². The molecule has 0 saturated carbocycles. The molecule has 0 aromatic heterocycles. The van der Waals surface area contributed by atoms with E-state index >= 15 is 0 Å². The fourth-order valence-corrected chi connectivity index (χ4v) is 4.88. The zero-order valence-corrected chi connectivity index (χ0v) is 21.3.